The summed E-state index contributed by atoms with van der Waals surface area (Å²) in [6, 6.07) is 22.3. The summed E-state index contributed by atoms with van der Waals surface area (Å²) in [7, 11) is -0.766. The van der Waals surface area contributed by atoms with Gasteiger partial charge in [0.25, 0.3) is 0 Å². The Bertz CT molecular complexity index is 1180. The lowest BCUT2D eigenvalue weighted by molar-refractivity contribution is -0.114. The molecule has 0 aromatic heterocycles. The molecule has 0 unspecified atom stereocenters. The molecule has 174 valence electrons. The van der Waals surface area contributed by atoms with Crippen LogP contribution in [-0.4, -0.2) is 41.3 Å². The predicted molar refractivity (Wildman–Crippen MR) is 133 cm³/mol. The molecule has 7 nitrogen and oxygen atoms in total. The molecule has 0 fully saturated rings. The highest BCUT2D eigenvalue weighted by Gasteiger charge is 2.22. The zero-order valence-corrected chi connectivity index (χ0v) is 20.3. The standard InChI is InChI=1S/C24H26N2O5S2/c1-30-22-14-13-20(15-23(22)31-2)26(33(3,28)29)16-24(27)25-19-11-9-18(10-12-19)17-32-21-7-5-4-6-8-21/h4-15H,16-17H2,1-3H3,(H,25,27). The van der Waals surface area contributed by atoms with Crippen molar-refractivity contribution < 1.29 is 22.7 Å². The van der Waals surface area contributed by atoms with Crippen molar-refractivity contribution >= 4 is 39.1 Å². The molecule has 3 aromatic rings. The van der Waals surface area contributed by atoms with Crippen LogP contribution in [0.2, 0.25) is 0 Å². The molecule has 3 rings (SSSR count). The molecular weight excluding hydrogens is 460 g/mol. The summed E-state index contributed by atoms with van der Waals surface area (Å²) >= 11 is 1.73. The molecule has 1 N–H and O–H groups in total. The van der Waals surface area contributed by atoms with Gasteiger partial charge in [-0.2, -0.15) is 0 Å². The van der Waals surface area contributed by atoms with Crippen molar-refractivity contribution in [1.82, 2.24) is 0 Å². The van der Waals surface area contributed by atoms with Crippen LogP contribution in [0.15, 0.2) is 77.7 Å². The monoisotopic (exact) mass is 486 g/mol. The van der Waals surface area contributed by atoms with E-state index in [0.29, 0.717) is 22.9 Å². The highest BCUT2D eigenvalue weighted by atomic mass is 32.2. The fourth-order valence-corrected chi connectivity index (χ4v) is 4.80. The predicted octanol–water partition coefficient (Wildman–Crippen LogP) is 4.40. The Morgan fingerprint density at radius 1 is 0.939 bits per heavy atom. The summed E-state index contributed by atoms with van der Waals surface area (Å²) in [5, 5.41) is 2.76. The van der Waals surface area contributed by atoms with E-state index in [-0.39, 0.29) is 6.54 Å². The first kappa shape index (κ1) is 24.5. The third kappa shape index (κ3) is 6.90. The van der Waals surface area contributed by atoms with E-state index in [0.717, 1.165) is 21.9 Å². The van der Waals surface area contributed by atoms with E-state index in [1.54, 1.807) is 36.0 Å². The van der Waals surface area contributed by atoms with Gasteiger partial charge in [-0.25, -0.2) is 8.42 Å². The van der Waals surface area contributed by atoms with Crippen LogP contribution in [-0.2, 0) is 20.6 Å². The molecule has 0 aliphatic heterocycles. The summed E-state index contributed by atoms with van der Waals surface area (Å²) in [6.45, 7) is -0.375. The van der Waals surface area contributed by atoms with E-state index >= 15 is 0 Å². The number of anilines is 2. The Morgan fingerprint density at radius 3 is 2.21 bits per heavy atom. The fourth-order valence-electron chi connectivity index (χ4n) is 3.08. The first-order valence-electron chi connectivity index (χ1n) is 10.1. The third-order valence-electron chi connectivity index (χ3n) is 4.73. The number of methoxy groups -OCH3 is 2. The maximum absolute atomic E-state index is 12.6. The topological polar surface area (TPSA) is 84.9 Å². The molecule has 0 saturated carbocycles. The first-order valence-corrected chi connectivity index (χ1v) is 12.9. The number of nitrogens with zero attached hydrogens (tertiary/aromatic N) is 1. The van der Waals surface area contributed by atoms with Crippen LogP contribution in [0.25, 0.3) is 0 Å². The molecular formula is C24H26N2O5S2. The molecule has 0 atom stereocenters. The van der Waals surface area contributed by atoms with Gasteiger partial charge in [0.15, 0.2) is 11.5 Å². The van der Waals surface area contributed by atoms with Gasteiger partial charge >= 0.3 is 0 Å². The summed E-state index contributed by atoms with van der Waals surface area (Å²) in [6.07, 6.45) is 1.05. The van der Waals surface area contributed by atoms with Crippen LogP contribution in [0.5, 0.6) is 11.5 Å². The van der Waals surface area contributed by atoms with Gasteiger partial charge in [0.05, 0.1) is 26.2 Å². The van der Waals surface area contributed by atoms with E-state index in [2.05, 4.69) is 17.4 Å². The number of sulfonamides is 1. The summed E-state index contributed by atoms with van der Waals surface area (Å²) in [5.41, 5.74) is 2.01. The van der Waals surface area contributed by atoms with Gasteiger partial charge in [0.1, 0.15) is 6.54 Å². The molecule has 0 bridgehead atoms. The number of thioether (sulfide) groups is 1. The summed E-state index contributed by atoms with van der Waals surface area (Å²) in [5.74, 6) is 1.18. The number of carbonyl (C=O) groups is 1. The quantitative estimate of drug-likeness (QED) is 0.428. The zero-order chi connectivity index (χ0) is 23.8. The van der Waals surface area contributed by atoms with Crippen molar-refractivity contribution in [2.24, 2.45) is 0 Å². The second kappa shape index (κ2) is 11.1. The largest absolute Gasteiger partial charge is 0.493 e. The third-order valence-corrected chi connectivity index (χ3v) is 6.95. The fraction of sp³-hybridized carbons (Fsp3) is 0.208. The molecule has 33 heavy (non-hydrogen) atoms. The number of benzene rings is 3. The van der Waals surface area contributed by atoms with Gasteiger partial charge in [0.2, 0.25) is 15.9 Å². The number of ether oxygens (including phenoxy) is 2. The van der Waals surface area contributed by atoms with Crippen molar-refractivity contribution in [3.8, 4) is 11.5 Å². The molecule has 0 aliphatic rings. The van der Waals surface area contributed by atoms with Gasteiger partial charge in [-0.3, -0.25) is 9.10 Å². The van der Waals surface area contributed by atoms with Crippen LogP contribution in [0.4, 0.5) is 11.4 Å². The van der Waals surface area contributed by atoms with E-state index < -0.39 is 15.9 Å². The SMILES string of the molecule is COc1ccc(N(CC(=O)Nc2ccc(CSc3ccccc3)cc2)S(C)(=O)=O)cc1OC. The van der Waals surface area contributed by atoms with Gasteiger partial charge < -0.3 is 14.8 Å². The number of hydrogen-bond donors (Lipinski definition) is 1. The zero-order valence-electron chi connectivity index (χ0n) is 18.6. The van der Waals surface area contributed by atoms with Gasteiger partial charge in [-0.1, -0.05) is 30.3 Å². The van der Waals surface area contributed by atoms with Crippen molar-refractivity contribution in [1.29, 1.82) is 0 Å². The molecule has 0 aliphatic carbocycles. The second-order valence-corrected chi connectivity index (χ2v) is 10.1. The van der Waals surface area contributed by atoms with Crippen LogP contribution < -0.4 is 19.1 Å². The number of rotatable bonds is 10. The Morgan fingerprint density at radius 2 is 1.61 bits per heavy atom. The number of hydrogen-bond acceptors (Lipinski definition) is 6. The van der Waals surface area contributed by atoms with Crippen molar-refractivity contribution in [3.05, 3.63) is 78.4 Å². The van der Waals surface area contributed by atoms with Crippen LogP contribution in [0.1, 0.15) is 5.56 Å². The molecule has 0 saturated heterocycles. The van der Waals surface area contributed by atoms with E-state index in [1.807, 2.05) is 30.3 Å². The molecule has 1 amide bonds. The summed E-state index contributed by atoms with van der Waals surface area (Å²) < 4.78 is 36.2. The highest BCUT2D eigenvalue weighted by Crippen LogP contribution is 2.32. The van der Waals surface area contributed by atoms with Gasteiger partial charge in [0, 0.05) is 22.4 Å². The maximum atomic E-state index is 12.6. The maximum Gasteiger partial charge on any atom is 0.245 e. The molecule has 0 heterocycles. The molecule has 9 heteroatoms. The lowest BCUT2D eigenvalue weighted by atomic mass is 10.2. The Kier molecular flexibility index (Phi) is 8.24. The normalized spacial score (nSPS) is 11.0. The first-order chi connectivity index (χ1) is 15.8. The minimum Gasteiger partial charge on any atom is -0.493 e. The minimum absolute atomic E-state index is 0.304. The van der Waals surface area contributed by atoms with Crippen LogP contribution >= 0.6 is 11.8 Å². The summed E-state index contributed by atoms with van der Waals surface area (Å²) in [4.78, 5) is 13.8. The van der Waals surface area contributed by atoms with Gasteiger partial charge in [-0.05, 0) is 42.0 Å². The Hall–Kier alpha value is -3.17. The Balaban J connectivity index is 1.66. The highest BCUT2D eigenvalue weighted by molar-refractivity contribution is 7.98. The lowest BCUT2D eigenvalue weighted by Crippen LogP contribution is -2.37. The molecule has 3 aromatic carbocycles. The second-order valence-electron chi connectivity index (χ2n) is 7.16. The van der Waals surface area contributed by atoms with E-state index in [1.165, 1.54) is 25.2 Å². The number of carbonyl (C=O) groups excluding carboxylic acids is 1. The number of amides is 1. The van der Waals surface area contributed by atoms with E-state index in [4.69, 9.17) is 9.47 Å². The molecule has 0 spiro atoms. The Labute approximate surface area is 198 Å². The van der Waals surface area contributed by atoms with Crippen LogP contribution in [0.3, 0.4) is 0 Å². The van der Waals surface area contributed by atoms with Crippen molar-refractivity contribution in [2.45, 2.75) is 10.6 Å². The lowest BCUT2D eigenvalue weighted by Gasteiger charge is -2.23. The molecule has 0 radical (unpaired) electrons. The average molecular weight is 487 g/mol. The number of nitrogens with one attached hydrogen (secondary N) is 1. The van der Waals surface area contributed by atoms with Crippen molar-refractivity contribution in [2.75, 3.05) is 36.6 Å². The van der Waals surface area contributed by atoms with Crippen LogP contribution in [0, 0.1) is 0 Å². The minimum atomic E-state index is -3.72. The van der Waals surface area contributed by atoms with Gasteiger partial charge in [-0.15, -0.1) is 11.8 Å². The smallest absolute Gasteiger partial charge is 0.245 e. The van der Waals surface area contributed by atoms with E-state index in [9.17, 15) is 13.2 Å². The van der Waals surface area contributed by atoms with Crippen molar-refractivity contribution in [3.63, 3.8) is 0 Å². The average Bonchev–Trinajstić information content (AvgIpc) is 2.81.